The molecule has 14 heavy (non-hydrogen) atoms. The van der Waals surface area contributed by atoms with Gasteiger partial charge in [0.05, 0.1) is 0 Å². The van der Waals surface area contributed by atoms with Crippen molar-refractivity contribution in [2.45, 2.75) is 20.0 Å². The summed E-state index contributed by atoms with van der Waals surface area (Å²) in [6.45, 7) is 2.70. The van der Waals surface area contributed by atoms with Crippen molar-refractivity contribution in [2.24, 2.45) is 0 Å². The average Bonchev–Trinajstić information content (AvgIpc) is 2.08. The molecule has 0 saturated heterocycles. The lowest BCUT2D eigenvalue weighted by Gasteiger charge is -2.12. The standard InChI is InChI=1S/C10H10F2O2/c1-6(14-7(2)13)8-4-3-5-9(11)10(8)12/h3-6H,1-2H3. The van der Waals surface area contributed by atoms with Gasteiger partial charge in [0.25, 0.3) is 0 Å². The number of rotatable bonds is 2. The van der Waals surface area contributed by atoms with Crippen LogP contribution in [0.3, 0.4) is 0 Å². The third-order valence-electron chi connectivity index (χ3n) is 1.76. The van der Waals surface area contributed by atoms with Gasteiger partial charge in [-0.3, -0.25) is 4.79 Å². The van der Waals surface area contributed by atoms with Gasteiger partial charge in [-0.15, -0.1) is 0 Å². The highest BCUT2D eigenvalue weighted by Crippen LogP contribution is 2.21. The number of halogens is 2. The fourth-order valence-electron chi connectivity index (χ4n) is 1.15. The number of ether oxygens (including phenoxy) is 1. The van der Waals surface area contributed by atoms with Gasteiger partial charge in [0.1, 0.15) is 6.10 Å². The first-order chi connectivity index (χ1) is 6.52. The Morgan fingerprint density at radius 3 is 2.64 bits per heavy atom. The van der Waals surface area contributed by atoms with Crippen molar-refractivity contribution in [3.05, 3.63) is 35.4 Å². The van der Waals surface area contributed by atoms with Crippen LogP contribution in [-0.2, 0) is 9.53 Å². The second kappa shape index (κ2) is 4.17. The number of benzene rings is 1. The van der Waals surface area contributed by atoms with Crippen LogP contribution in [0.15, 0.2) is 18.2 Å². The van der Waals surface area contributed by atoms with Crippen molar-refractivity contribution < 1.29 is 18.3 Å². The lowest BCUT2D eigenvalue weighted by molar-refractivity contribution is -0.145. The maximum Gasteiger partial charge on any atom is 0.303 e. The van der Waals surface area contributed by atoms with Crippen LogP contribution in [0.5, 0.6) is 0 Å². The molecule has 1 rings (SSSR count). The van der Waals surface area contributed by atoms with Crippen molar-refractivity contribution in [1.82, 2.24) is 0 Å². The number of carbonyl (C=O) groups is 1. The highest BCUT2D eigenvalue weighted by molar-refractivity contribution is 5.66. The summed E-state index contributed by atoms with van der Waals surface area (Å²) in [5.74, 6) is -2.44. The zero-order chi connectivity index (χ0) is 10.7. The van der Waals surface area contributed by atoms with Crippen LogP contribution in [0, 0.1) is 11.6 Å². The summed E-state index contributed by atoms with van der Waals surface area (Å²) in [5, 5.41) is 0. The van der Waals surface area contributed by atoms with Gasteiger partial charge in [0.15, 0.2) is 11.6 Å². The molecule has 0 aliphatic carbocycles. The molecule has 0 spiro atoms. The zero-order valence-corrected chi connectivity index (χ0v) is 7.88. The van der Waals surface area contributed by atoms with Crippen molar-refractivity contribution in [3.63, 3.8) is 0 Å². The maximum atomic E-state index is 13.1. The molecule has 1 aromatic rings. The van der Waals surface area contributed by atoms with E-state index in [0.717, 1.165) is 6.07 Å². The maximum absolute atomic E-state index is 13.1. The van der Waals surface area contributed by atoms with E-state index in [4.69, 9.17) is 4.74 Å². The first-order valence-electron chi connectivity index (χ1n) is 4.13. The summed E-state index contributed by atoms with van der Waals surface area (Å²) in [7, 11) is 0. The molecule has 0 radical (unpaired) electrons. The van der Waals surface area contributed by atoms with E-state index < -0.39 is 23.7 Å². The summed E-state index contributed by atoms with van der Waals surface area (Å²) < 4.78 is 30.6. The molecule has 0 N–H and O–H groups in total. The Balaban J connectivity index is 2.95. The molecule has 1 atom stereocenters. The van der Waals surface area contributed by atoms with E-state index in [9.17, 15) is 13.6 Å². The van der Waals surface area contributed by atoms with Crippen LogP contribution in [0.1, 0.15) is 25.5 Å². The molecule has 0 aromatic heterocycles. The molecule has 0 heterocycles. The summed E-state index contributed by atoms with van der Waals surface area (Å²) in [6.07, 6.45) is -0.775. The number of hydrogen-bond acceptors (Lipinski definition) is 2. The van der Waals surface area contributed by atoms with E-state index in [1.165, 1.54) is 26.0 Å². The third-order valence-corrected chi connectivity index (χ3v) is 1.76. The first kappa shape index (κ1) is 10.6. The Hall–Kier alpha value is -1.45. The predicted octanol–water partition coefficient (Wildman–Crippen LogP) is 2.59. The molecule has 0 aliphatic rings. The van der Waals surface area contributed by atoms with E-state index >= 15 is 0 Å². The molecule has 1 aromatic carbocycles. The van der Waals surface area contributed by atoms with Crippen molar-refractivity contribution in [1.29, 1.82) is 0 Å². The number of hydrogen-bond donors (Lipinski definition) is 0. The molecule has 4 heteroatoms. The molecule has 0 amide bonds. The van der Waals surface area contributed by atoms with Crippen molar-refractivity contribution >= 4 is 5.97 Å². The Labute approximate surface area is 80.5 Å². The molecule has 0 fully saturated rings. The normalized spacial score (nSPS) is 12.3. The molecular weight excluding hydrogens is 190 g/mol. The molecule has 0 saturated carbocycles. The third kappa shape index (κ3) is 2.28. The fraction of sp³-hybridized carbons (Fsp3) is 0.300. The fourth-order valence-corrected chi connectivity index (χ4v) is 1.15. The minimum atomic E-state index is -0.971. The highest BCUT2D eigenvalue weighted by Gasteiger charge is 2.15. The Morgan fingerprint density at radius 1 is 1.43 bits per heavy atom. The summed E-state index contributed by atoms with van der Waals surface area (Å²) in [5.41, 5.74) is 0.0419. The molecule has 1 unspecified atom stereocenters. The van der Waals surface area contributed by atoms with Gasteiger partial charge in [-0.1, -0.05) is 12.1 Å². The second-order valence-electron chi connectivity index (χ2n) is 2.89. The minimum Gasteiger partial charge on any atom is -0.458 e. The Morgan fingerprint density at radius 2 is 2.07 bits per heavy atom. The summed E-state index contributed by atoms with van der Waals surface area (Å²) in [6, 6.07) is 3.76. The molecule has 2 nitrogen and oxygen atoms in total. The average molecular weight is 200 g/mol. The van der Waals surface area contributed by atoms with Gasteiger partial charge in [-0.2, -0.15) is 0 Å². The lowest BCUT2D eigenvalue weighted by Crippen LogP contribution is -2.07. The lowest BCUT2D eigenvalue weighted by atomic mass is 10.1. The van der Waals surface area contributed by atoms with E-state index in [0.29, 0.717) is 0 Å². The quantitative estimate of drug-likeness (QED) is 0.686. The van der Waals surface area contributed by atoms with Gasteiger partial charge in [-0.25, -0.2) is 8.78 Å². The SMILES string of the molecule is CC(=O)OC(C)c1cccc(F)c1F. The second-order valence-corrected chi connectivity index (χ2v) is 2.89. The van der Waals surface area contributed by atoms with Crippen LogP contribution in [-0.4, -0.2) is 5.97 Å². The Kier molecular flexibility index (Phi) is 3.17. The van der Waals surface area contributed by atoms with Gasteiger partial charge < -0.3 is 4.74 Å². The van der Waals surface area contributed by atoms with Crippen molar-refractivity contribution in [3.8, 4) is 0 Å². The van der Waals surface area contributed by atoms with Gasteiger partial charge in [0, 0.05) is 12.5 Å². The van der Waals surface area contributed by atoms with Crippen LogP contribution in [0.25, 0.3) is 0 Å². The van der Waals surface area contributed by atoms with Crippen molar-refractivity contribution in [2.75, 3.05) is 0 Å². The molecule has 0 aliphatic heterocycles. The number of carbonyl (C=O) groups excluding carboxylic acids is 1. The summed E-state index contributed by atoms with van der Waals surface area (Å²) in [4.78, 5) is 10.6. The van der Waals surface area contributed by atoms with Crippen LogP contribution < -0.4 is 0 Å². The zero-order valence-electron chi connectivity index (χ0n) is 7.88. The first-order valence-corrected chi connectivity index (χ1v) is 4.13. The van der Waals surface area contributed by atoms with Gasteiger partial charge in [-0.05, 0) is 13.0 Å². The smallest absolute Gasteiger partial charge is 0.303 e. The van der Waals surface area contributed by atoms with Crippen LogP contribution in [0.2, 0.25) is 0 Å². The van der Waals surface area contributed by atoms with E-state index in [-0.39, 0.29) is 5.56 Å². The predicted molar refractivity (Wildman–Crippen MR) is 46.5 cm³/mol. The van der Waals surface area contributed by atoms with Crippen LogP contribution in [0.4, 0.5) is 8.78 Å². The highest BCUT2D eigenvalue weighted by atomic mass is 19.2. The molecular formula is C10H10F2O2. The molecule has 0 bridgehead atoms. The Bertz CT molecular complexity index is 350. The largest absolute Gasteiger partial charge is 0.458 e. The van der Waals surface area contributed by atoms with E-state index in [1.54, 1.807) is 0 Å². The van der Waals surface area contributed by atoms with E-state index in [1.807, 2.05) is 0 Å². The number of esters is 1. The van der Waals surface area contributed by atoms with E-state index in [2.05, 4.69) is 0 Å². The molecule has 76 valence electrons. The van der Waals surface area contributed by atoms with Gasteiger partial charge in [0.2, 0.25) is 0 Å². The monoisotopic (exact) mass is 200 g/mol. The topological polar surface area (TPSA) is 26.3 Å². The minimum absolute atomic E-state index is 0.0419. The van der Waals surface area contributed by atoms with Crippen LogP contribution >= 0.6 is 0 Å². The van der Waals surface area contributed by atoms with Gasteiger partial charge >= 0.3 is 5.97 Å². The summed E-state index contributed by atoms with van der Waals surface area (Å²) >= 11 is 0.